The number of rotatable bonds is 7. The van der Waals surface area contributed by atoms with Crippen molar-refractivity contribution in [3.8, 4) is 0 Å². The van der Waals surface area contributed by atoms with Crippen molar-refractivity contribution < 1.29 is 5.11 Å². The topological polar surface area (TPSA) is 32.3 Å². The smallest absolute Gasteiger partial charge is 0.0928 e. The van der Waals surface area contributed by atoms with Crippen LogP contribution in [0.25, 0.3) is 0 Å². The van der Waals surface area contributed by atoms with E-state index >= 15 is 0 Å². The summed E-state index contributed by atoms with van der Waals surface area (Å²) in [6.07, 6.45) is 1.51. The van der Waals surface area contributed by atoms with Crippen LogP contribution in [0.4, 0.5) is 0 Å². The van der Waals surface area contributed by atoms with Crippen molar-refractivity contribution >= 4 is 11.6 Å². The summed E-state index contributed by atoms with van der Waals surface area (Å²) in [6.45, 7) is 2.65. The molecule has 0 saturated heterocycles. The second-order valence-corrected chi connectivity index (χ2v) is 5.78. The molecule has 0 heterocycles. The van der Waals surface area contributed by atoms with Gasteiger partial charge in [-0.3, -0.25) is 0 Å². The fourth-order valence-corrected chi connectivity index (χ4v) is 2.56. The molecular weight excluding hydrogens is 282 g/mol. The molecule has 0 amide bonds. The van der Waals surface area contributed by atoms with Crippen LogP contribution in [0, 0.1) is 0 Å². The Kier molecular flexibility index (Phi) is 6.24. The molecule has 0 aliphatic carbocycles. The van der Waals surface area contributed by atoms with Gasteiger partial charge in [-0.2, -0.15) is 0 Å². The van der Waals surface area contributed by atoms with Gasteiger partial charge in [-0.05, 0) is 31.4 Å². The summed E-state index contributed by atoms with van der Waals surface area (Å²) in [5.41, 5.74) is 2.12. The number of nitrogens with one attached hydrogen (secondary N) is 1. The van der Waals surface area contributed by atoms with Crippen LogP contribution in [-0.2, 0) is 6.42 Å². The van der Waals surface area contributed by atoms with E-state index in [2.05, 4.69) is 36.5 Å². The molecule has 0 bridgehead atoms. The summed E-state index contributed by atoms with van der Waals surface area (Å²) in [4.78, 5) is 0. The molecule has 2 aromatic carbocycles. The van der Waals surface area contributed by atoms with Crippen LogP contribution in [0.2, 0.25) is 5.02 Å². The van der Waals surface area contributed by atoms with Crippen LogP contribution in [0.1, 0.15) is 30.6 Å². The van der Waals surface area contributed by atoms with E-state index < -0.39 is 6.10 Å². The van der Waals surface area contributed by atoms with Crippen molar-refractivity contribution in [2.24, 2.45) is 0 Å². The predicted octanol–water partition coefficient (Wildman–Crippen LogP) is 3.98. The Labute approximate surface area is 131 Å². The molecular formula is C18H22ClNO. The van der Waals surface area contributed by atoms with E-state index in [1.54, 1.807) is 6.07 Å². The van der Waals surface area contributed by atoms with E-state index in [0.29, 0.717) is 17.6 Å². The highest BCUT2D eigenvalue weighted by Gasteiger charge is 2.12. The summed E-state index contributed by atoms with van der Waals surface area (Å²) in [5.74, 6) is 0. The molecule has 0 aliphatic heterocycles. The standard InChI is InChI=1S/C18H22ClNO/c1-14(11-12-15-7-3-2-4-8-15)20-13-18(21)16-9-5-6-10-17(16)19/h2-10,14,18,20-21H,11-13H2,1H3. The maximum Gasteiger partial charge on any atom is 0.0928 e. The van der Waals surface area contributed by atoms with E-state index in [1.165, 1.54) is 5.56 Å². The van der Waals surface area contributed by atoms with Crippen LogP contribution in [0.15, 0.2) is 54.6 Å². The molecule has 2 unspecified atom stereocenters. The molecule has 0 spiro atoms. The molecule has 21 heavy (non-hydrogen) atoms. The Hall–Kier alpha value is -1.35. The summed E-state index contributed by atoms with van der Waals surface area (Å²) in [7, 11) is 0. The first-order valence-electron chi connectivity index (χ1n) is 7.36. The second-order valence-electron chi connectivity index (χ2n) is 5.37. The molecule has 0 radical (unpaired) electrons. The Bertz CT molecular complexity index is 544. The number of hydrogen-bond donors (Lipinski definition) is 2. The van der Waals surface area contributed by atoms with Gasteiger partial charge in [0.15, 0.2) is 0 Å². The molecule has 2 atom stereocenters. The van der Waals surface area contributed by atoms with Gasteiger partial charge in [0.2, 0.25) is 0 Å². The second kappa shape index (κ2) is 8.18. The van der Waals surface area contributed by atoms with E-state index in [4.69, 9.17) is 11.6 Å². The molecule has 2 rings (SSSR count). The van der Waals surface area contributed by atoms with Crippen molar-refractivity contribution in [2.45, 2.75) is 31.9 Å². The highest BCUT2D eigenvalue weighted by molar-refractivity contribution is 6.31. The Balaban J connectivity index is 1.76. The third-order valence-electron chi connectivity index (χ3n) is 3.63. The zero-order valence-electron chi connectivity index (χ0n) is 12.3. The minimum Gasteiger partial charge on any atom is -0.387 e. The third-order valence-corrected chi connectivity index (χ3v) is 3.98. The number of aliphatic hydroxyl groups excluding tert-OH is 1. The lowest BCUT2D eigenvalue weighted by Gasteiger charge is -2.18. The molecule has 112 valence electrons. The predicted molar refractivity (Wildman–Crippen MR) is 88.6 cm³/mol. The maximum absolute atomic E-state index is 10.2. The number of benzene rings is 2. The van der Waals surface area contributed by atoms with Crippen LogP contribution >= 0.6 is 11.6 Å². The van der Waals surface area contributed by atoms with Crippen LogP contribution in [0.3, 0.4) is 0 Å². The van der Waals surface area contributed by atoms with Crippen molar-refractivity contribution in [3.05, 3.63) is 70.7 Å². The van der Waals surface area contributed by atoms with Crippen LogP contribution in [0.5, 0.6) is 0 Å². The van der Waals surface area contributed by atoms with Gasteiger partial charge in [0, 0.05) is 23.2 Å². The quantitative estimate of drug-likeness (QED) is 0.811. The van der Waals surface area contributed by atoms with Gasteiger partial charge in [-0.25, -0.2) is 0 Å². The number of aliphatic hydroxyl groups is 1. The Morgan fingerprint density at radius 2 is 1.71 bits per heavy atom. The fraction of sp³-hybridized carbons (Fsp3) is 0.333. The lowest BCUT2D eigenvalue weighted by atomic mass is 10.1. The van der Waals surface area contributed by atoms with E-state index in [1.807, 2.05) is 24.3 Å². The van der Waals surface area contributed by atoms with E-state index in [9.17, 15) is 5.11 Å². The minimum atomic E-state index is -0.571. The largest absolute Gasteiger partial charge is 0.387 e. The van der Waals surface area contributed by atoms with Crippen molar-refractivity contribution in [1.82, 2.24) is 5.32 Å². The average molecular weight is 304 g/mol. The van der Waals surface area contributed by atoms with Crippen molar-refractivity contribution in [2.75, 3.05) is 6.54 Å². The normalized spacial score (nSPS) is 13.9. The van der Waals surface area contributed by atoms with Gasteiger partial charge in [-0.1, -0.05) is 60.1 Å². The molecule has 3 heteroatoms. The van der Waals surface area contributed by atoms with E-state index in [0.717, 1.165) is 18.4 Å². The number of hydrogen-bond acceptors (Lipinski definition) is 2. The first-order chi connectivity index (χ1) is 10.2. The van der Waals surface area contributed by atoms with Crippen LogP contribution < -0.4 is 5.32 Å². The summed E-state index contributed by atoms with van der Waals surface area (Å²) in [5, 5.41) is 14.2. The lowest BCUT2D eigenvalue weighted by molar-refractivity contribution is 0.170. The highest BCUT2D eigenvalue weighted by Crippen LogP contribution is 2.22. The molecule has 0 aromatic heterocycles. The molecule has 2 nitrogen and oxygen atoms in total. The first-order valence-corrected chi connectivity index (χ1v) is 7.74. The summed E-state index contributed by atoms with van der Waals surface area (Å²) in [6, 6.07) is 18.2. The fourth-order valence-electron chi connectivity index (χ4n) is 2.30. The van der Waals surface area contributed by atoms with E-state index in [-0.39, 0.29) is 0 Å². The number of halogens is 1. The lowest BCUT2D eigenvalue weighted by Crippen LogP contribution is -2.30. The zero-order valence-corrected chi connectivity index (χ0v) is 13.1. The van der Waals surface area contributed by atoms with Gasteiger partial charge in [0.25, 0.3) is 0 Å². The molecule has 2 aromatic rings. The van der Waals surface area contributed by atoms with Gasteiger partial charge >= 0.3 is 0 Å². The van der Waals surface area contributed by atoms with Crippen molar-refractivity contribution in [3.63, 3.8) is 0 Å². The Morgan fingerprint density at radius 1 is 1.05 bits per heavy atom. The minimum absolute atomic E-state index is 0.349. The summed E-state index contributed by atoms with van der Waals surface area (Å²) >= 11 is 6.09. The molecule has 0 fully saturated rings. The van der Waals surface area contributed by atoms with Crippen molar-refractivity contribution in [1.29, 1.82) is 0 Å². The number of aryl methyl sites for hydroxylation is 1. The van der Waals surface area contributed by atoms with Gasteiger partial charge in [-0.15, -0.1) is 0 Å². The first kappa shape index (κ1) is 16.0. The average Bonchev–Trinajstić information content (AvgIpc) is 2.52. The van der Waals surface area contributed by atoms with Gasteiger partial charge in [0.05, 0.1) is 6.10 Å². The summed E-state index contributed by atoms with van der Waals surface area (Å²) < 4.78 is 0. The highest BCUT2D eigenvalue weighted by atomic mass is 35.5. The molecule has 0 aliphatic rings. The zero-order chi connectivity index (χ0) is 15.1. The maximum atomic E-state index is 10.2. The molecule has 2 N–H and O–H groups in total. The monoisotopic (exact) mass is 303 g/mol. The van der Waals surface area contributed by atoms with Gasteiger partial charge < -0.3 is 10.4 Å². The molecule has 0 saturated carbocycles. The third kappa shape index (κ3) is 5.16. The SMILES string of the molecule is CC(CCc1ccccc1)NCC(O)c1ccccc1Cl. The van der Waals surface area contributed by atoms with Crippen LogP contribution in [-0.4, -0.2) is 17.7 Å². The van der Waals surface area contributed by atoms with Gasteiger partial charge in [0.1, 0.15) is 0 Å². The Morgan fingerprint density at radius 3 is 2.43 bits per heavy atom.